The minimum absolute atomic E-state index is 0. The van der Waals surface area contributed by atoms with E-state index < -0.39 is 26.2 Å². The second-order valence-electron chi connectivity index (χ2n) is 11.7. The van der Waals surface area contributed by atoms with Crippen LogP contribution in [0.2, 0.25) is 19.6 Å². The molecule has 2 nitrogen and oxygen atoms in total. The van der Waals surface area contributed by atoms with E-state index in [4.69, 9.17) is 5.48 Å². The van der Waals surface area contributed by atoms with E-state index in [1.165, 1.54) is 0 Å². The van der Waals surface area contributed by atoms with E-state index in [1.54, 1.807) is 12.3 Å². The van der Waals surface area contributed by atoms with Gasteiger partial charge in [0.1, 0.15) is 0 Å². The molecule has 4 heteroatoms. The number of aromatic nitrogens is 2. The number of rotatable bonds is 6. The van der Waals surface area contributed by atoms with E-state index in [-0.39, 0.29) is 20.1 Å². The quantitative estimate of drug-likeness (QED) is 0.129. The zero-order valence-electron chi connectivity index (χ0n) is 28.6. The first-order chi connectivity index (χ1) is 20.6. The first kappa shape index (κ1) is 26.7. The third kappa shape index (κ3) is 10.0. The van der Waals surface area contributed by atoms with Crippen molar-refractivity contribution < 1.29 is 25.6 Å². The summed E-state index contributed by atoms with van der Waals surface area (Å²) in [5, 5.41) is 1.06. The van der Waals surface area contributed by atoms with Crippen molar-refractivity contribution >= 4 is 13.3 Å². The molecule has 41 heavy (non-hydrogen) atoms. The van der Waals surface area contributed by atoms with E-state index >= 15 is 0 Å². The molecular weight excluding hydrogens is 693 g/mol. The largest absolute Gasteiger partial charge is 0.305 e. The third-order valence-electron chi connectivity index (χ3n) is 6.01. The minimum atomic E-state index is -1.76. The molecule has 0 N–H and O–H groups in total. The van der Waals surface area contributed by atoms with E-state index in [0.717, 1.165) is 33.3 Å². The molecule has 0 amide bonds. The monoisotopic (exact) mass is 737 g/mol. The maximum absolute atomic E-state index is 8.84. The fourth-order valence-corrected chi connectivity index (χ4v) is 5.57. The van der Waals surface area contributed by atoms with Gasteiger partial charge < -0.3 is 9.97 Å². The number of nitrogens with zero attached hydrogens (tertiary/aromatic N) is 2. The number of hydrogen-bond acceptors (Lipinski definition) is 2. The Morgan fingerprint density at radius 2 is 1.32 bits per heavy atom. The van der Waals surface area contributed by atoms with E-state index in [9.17, 15) is 0 Å². The minimum Gasteiger partial charge on any atom is -0.305 e. The summed E-state index contributed by atoms with van der Waals surface area (Å²) in [6.07, 6.45) is 0.566. The Labute approximate surface area is 267 Å². The van der Waals surface area contributed by atoms with Crippen LogP contribution in [0, 0.1) is 17.5 Å². The summed E-state index contributed by atoms with van der Waals surface area (Å²) >= 11 is 0. The molecule has 1 radical (unpaired) electrons. The Hall–Kier alpha value is -3.17. The molecular formula is C37H40IrN2Si-2. The molecule has 5 aromatic rings. The molecule has 0 aliphatic heterocycles. The molecule has 0 atom stereocenters. The predicted octanol–water partition coefficient (Wildman–Crippen LogP) is 8.82. The Morgan fingerprint density at radius 1 is 0.732 bits per heavy atom. The van der Waals surface area contributed by atoms with Gasteiger partial charge in [0.2, 0.25) is 0 Å². The molecule has 0 fully saturated rings. The van der Waals surface area contributed by atoms with Crippen molar-refractivity contribution in [2.75, 3.05) is 0 Å². The van der Waals surface area contributed by atoms with Gasteiger partial charge in [0.05, 0.1) is 8.07 Å². The van der Waals surface area contributed by atoms with Crippen molar-refractivity contribution in [3.05, 3.63) is 138 Å². The van der Waals surface area contributed by atoms with Crippen LogP contribution < -0.4 is 5.19 Å². The summed E-state index contributed by atoms with van der Waals surface area (Å²) < 4.78 is 34.3. The smallest absolute Gasteiger partial charge is 0.0799 e. The molecule has 0 aliphatic carbocycles. The number of hydrogen-bond donors (Lipinski definition) is 0. The molecule has 0 aliphatic rings. The average Bonchev–Trinajstić information content (AvgIpc) is 3.01. The molecule has 2 heterocycles. The van der Waals surface area contributed by atoms with Crippen molar-refractivity contribution in [3.63, 3.8) is 0 Å². The fourth-order valence-electron chi connectivity index (χ4n) is 4.17. The molecule has 0 unspecified atom stereocenters. The Morgan fingerprint density at radius 3 is 1.85 bits per heavy atom. The van der Waals surface area contributed by atoms with Gasteiger partial charge in [-0.05, 0) is 46.4 Å². The third-order valence-corrected chi connectivity index (χ3v) is 8.03. The van der Waals surface area contributed by atoms with Crippen molar-refractivity contribution in [2.45, 2.75) is 53.2 Å². The van der Waals surface area contributed by atoms with Gasteiger partial charge in [-0.15, -0.1) is 71.8 Å². The van der Waals surface area contributed by atoms with Crippen molar-refractivity contribution in [2.24, 2.45) is 5.41 Å². The number of pyridine rings is 2. The molecule has 0 bridgehead atoms. The fraction of sp³-hybridized carbons (Fsp3) is 0.243. The van der Waals surface area contributed by atoms with Gasteiger partial charge in [-0.2, -0.15) is 0 Å². The second kappa shape index (κ2) is 14.6. The van der Waals surface area contributed by atoms with Gasteiger partial charge in [0, 0.05) is 38.0 Å². The van der Waals surface area contributed by atoms with Crippen LogP contribution >= 0.6 is 0 Å². The van der Waals surface area contributed by atoms with Crippen LogP contribution in [-0.4, -0.2) is 18.0 Å². The van der Waals surface area contributed by atoms with Crippen LogP contribution in [-0.2, 0) is 32.9 Å². The van der Waals surface area contributed by atoms with Gasteiger partial charge in [-0.25, -0.2) is 0 Å². The van der Waals surface area contributed by atoms with Crippen LogP contribution in [0.5, 0.6) is 0 Å². The standard InChI is InChI=1S/C21H22NSi.C16H18N.Ir/c1-23(2,3)21-16-22-20(18-12-8-5-9-13-18)15-19(21)14-17-10-6-4-7-11-17;1-16(2,3)12-13-9-10-17-15(11-13)14-7-5-4-6-8-14;/h4-12,15-16H,14H2,1-3H3;4-7,9-11H,12H2,1-3H3;/q2*-1;/i14D2;12D2;. The van der Waals surface area contributed by atoms with Gasteiger partial charge in [-0.1, -0.05) is 94.0 Å². The van der Waals surface area contributed by atoms with Crippen molar-refractivity contribution in [3.8, 4) is 22.5 Å². The molecule has 0 saturated heterocycles. The van der Waals surface area contributed by atoms with Gasteiger partial charge >= 0.3 is 0 Å². The normalized spacial score (nSPS) is 13.3. The second-order valence-corrected chi connectivity index (χ2v) is 16.8. The van der Waals surface area contributed by atoms with Crippen LogP contribution in [0.3, 0.4) is 0 Å². The SMILES string of the molecule is [2H]C([2H])(c1ccccc1)c1cc(-c2[c-]cccc2)ncc1[Si](C)(C)C.[2H]C([2H])(c1ccnc(-c2[c-]cccc2)c1)C(C)(C)C.[Ir]. The molecule has 2 aromatic heterocycles. The molecule has 5 rings (SSSR count). The van der Waals surface area contributed by atoms with E-state index in [1.807, 2.05) is 118 Å². The molecule has 0 saturated carbocycles. The first-order valence-corrected chi connectivity index (χ1v) is 17.1. The zero-order valence-corrected chi connectivity index (χ0v) is 28.0. The van der Waals surface area contributed by atoms with Crippen LogP contribution in [0.4, 0.5) is 0 Å². The van der Waals surface area contributed by atoms with E-state index in [0.29, 0.717) is 11.1 Å². The zero-order chi connectivity index (χ0) is 32.2. The maximum Gasteiger partial charge on any atom is 0.0799 e. The van der Waals surface area contributed by atoms with Crippen molar-refractivity contribution in [1.82, 2.24) is 9.97 Å². The summed E-state index contributed by atoms with van der Waals surface area (Å²) in [4.78, 5) is 8.93. The van der Waals surface area contributed by atoms with E-state index in [2.05, 4.69) is 41.7 Å². The van der Waals surface area contributed by atoms with Gasteiger partial charge in [0.15, 0.2) is 0 Å². The molecule has 3 aromatic carbocycles. The molecule has 213 valence electrons. The Balaban J connectivity index is 0.000000249. The predicted molar refractivity (Wildman–Crippen MR) is 172 cm³/mol. The Kier molecular flexibility index (Phi) is 9.53. The topological polar surface area (TPSA) is 25.8 Å². The number of benzene rings is 3. The summed E-state index contributed by atoms with van der Waals surface area (Å²) in [6.45, 7) is 12.4. The first-order valence-electron chi connectivity index (χ1n) is 15.6. The van der Waals surface area contributed by atoms with Crippen LogP contribution in [0.15, 0.2) is 109 Å². The summed E-state index contributed by atoms with van der Waals surface area (Å²) in [5.74, 6) is 0. The van der Waals surface area contributed by atoms with Crippen LogP contribution in [0.25, 0.3) is 22.5 Å². The summed E-state index contributed by atoms with van der Waals surface area (Å²) in [5.41, 5.74) is 4.87. The maximum atomic E-state index is 8.84. The van der Waals surface area contributed by atoms with Gasteiger partial charge in [0.25, 0.3) is 0 Å². The summed E-state index contributed by atoms with van der Waals surface area (Å²) in [7, 11) is -1.76. The Bertz CT molecular complexity index is 1670. The van der Waals surface area contributed by atoms with Gasteiger partial charge in [-0.3, -0.25) is 0 Å². The van der Waals surface area contributed by atoms with Crippen LogP contribution in [0.1, 0.15) is 42.9 Å². The molecule has 0 spiro atoms. The van der Waals surface area contributed by atoms with Crippen molar-refractivity contribution in [1.29, 1.82) is 0 Å². The summed E-state index contributed by atoms with van der Waals surface area (Å²) in [6, 6.07) is 36.4. The average molecular weight is 737 g/mol.